The van der Waals surface area contributed by atoms with Gasteiger partial charge in [-0.1, -0.05) is 13.8 Å². The molecule has 0 bridgehead atoms. The molecule has 27 heavy (non-hydrogen) atoms. The number of likely N-dealkylation sites (tertiary alicyclic amines) is 1. The maximum Gasteiger partial charge on any atom is 0.248 e. The monoisotopic (exact) mass is 368 g/mol. The van der Waals surface area contributed by atoms with Crippen LogP contribution in [0.15, 0.2) is 36.7 Å². The Hall–Kier alpha value is -2.34. The van der Waals surface area contributed by atoms with E-state index in [1.54, 1.807) is 0 Å². The first-order valence-corrected chi connectivity index (χ1v) is 9.83. The van der Waals surface area contributed by atoms with Gasteiger partial charge >= 0.3 is 0 Å². The van der Waals surface area contributed by atoms with Crippen LogP contribution in [0.5, 0.6) is 0 Å². The van der Waals surface area contributed by atoms with E-state index in [4.69, 9.17) is 4.74 Å². The number of hydrogen-bond donors (Lipinski definition) is 0. The highest BCUT2D eigenvalue weighted by Crippen LogP contribution is 2.47. The smallest absolute Gasteiger partial charge is 0.248 e. The van der Waals surface area contributed by atoms with E-state index in [1.165, 1.54) is 5.69 Å². The van der Waals surface area contributed by atoms with Crippen LogP contribution in [0.25, 0.3) is 5.82 Å². The minimum absolute atomic E-state index is 0.0771. The normalized spacial score (nSPS) is 21.0. The Morgan fingerprint density at radius 3 is 2.96 bits per heavy atom. The van der Waals surface area contributed by atoms with Gasteiger partial charge in [0.25, 0.3) is 0 Å². The van der Waals surface area contributed by atoms with E-state index in [0.717, 1.165) is 31.0 Å². The van der Waals surface area contributed by atoms with Crippen LogP contribution in [-0.4, -0.2) is 53.2 Å². The highest BCUT2D eigenvalue weighted by molar-refractivity contribution is 5.78. The first kappa shape index (κ1) is 18.0. The Morgan fingerprint density at radius 1 is 1.33 bits per heavy atom. The molecular weight excluding hydrogens is 340 g/mol. The van der Waals surface area contributed by atoms with Gasteiger partial charge < -0.3 is 19.1 Å². The molecule has 1 atom stereocenters. The number of nitrogens with zero attached hydrogens (tertiary/aromatic N) is 4. The summed E-state index contributed by atoms with van der Waals surface area (Å²) >= 11 is 0. The van der Waals surface area contributed by atoms with Crippen molar-refractivity contribution in [2.24, 2.45) is 5.92 Å². The van der Waals surface area contributed by atoms with E-state index in [0.29, 0.717) is 19.1 Å². The Kier molecular flexibility index (Phi) is 4.68. The van der Waals surface area contributed by atoms with Crippen LogP contribution in [0.4, 0.5) is 5.69 Å². The molecule has 144 valence electrons. The molecule has 2 aromatic heterocycles. The number of ether oxygens (including phenoxy) is 1. The second-order valence-electron chi connectivity index (χ2n) is 7.85. The van der Waals surface area contributed by atoms with Crippen LogP contribution >= 0.6 is 0 Å². The summed E-state index contributed by atoms with van der Waals surface area (Å²) in [6.07, 6.45) is 4.84. The Morgan fingerprint density at radius 2 is 2.19 bits per heavy atom. The molecule has 1 fully saturated rings. The molecule has 1 amide bonds. The molecule has 0 radical (unpaired) electrons. The zero-order chi connectivity index (χ0) is 19.0. The number of fused-ring (bicyclic) bond motifs is 4. The average molecular weight is 368 g/mol. The highest BCUT2D eigenvalue weighted by atomic mass is 16.5. The molecule has 0 saturated carbocycles. The van der Waals surface area contributed by atoms with Crippen molar-refractivity contribution >= 4 is 11.6 Å². The van der Waals surface area contributed by atoms with E-state index >= 15 is 0 Å². The van der Waals surface area contributed by atoms with Crippen molar-refractivity contribution in [3.8, 4) is 5.82 Å². The number of hydrogen-bond acceptors (Lipinski definition) is 4. The lowest BCUT2D eigenvalue weighted by atomic mass is 9.88. The van der Waals surface area contributed by atoms with Crippen LogP contribution in [0.3, 0.4) is 0 Å². The fourth-order valence-corrected chi connectivity index (χ4v) is 4.45. The molecule has 6 nitrogen and oxygen atoms in total. The zero-order valence-electron chi connectivity index (χ0n) is 16.4. The lowest BCUT2D eigenvalue weighted by Crippen LogP contribution is -2.54. The van der Waals surface area contributed by atoms with Gasteiger partial charge in [0.05, 0.1) is 11.4 Å². The minimum Gasteiger partial charge on any atom is -0.372 e. The van der Waals surface area contributed by atoms with E-state index in [1.807, 2.05) is 24.1 Å². The Labute approximate surface area is 160 Å². The molecule has 0 unspecified atom stereocenters. The fraction of sp³-hybridized carbons (Fsp3) is 0.524. The number of anilines is 1. The van der Waals surface area contributed by atoms with Crippen molar-refractivity contribution in [3.05, 3.63) is 42.4 Å². The van der Waals surface area contributed by atoms with E-state index in [9.17, 15) is 4.79 Å². The Balaban J connectivity index is 1.76. The van der Waals surface area contributed by atoms with Crippen LogP contribution in [0.2, 0.25) is 0 Å². The first-order valence-electron chi connectivity index (χ1n) is 9.83. The maximum absolute atomic E-state index is 12.6. The van der Waals surface area contributed by atoms with Gasteiger partial charge in [-0.25, -0.2) is 4.98 Å². The summed E-state index contributed by atoms with van der Waals surface area (Å²) in [6, 6.07) is 8.42. The number of pyridine rings is 1. The largest absolute Gasteiger partial charge is 0.372 e. The third-order valence-corrected chi connectivity index (χ3v) is 5.61. The number of rotatable bonds is 5. The lowest BCUT2D eigenvalue weighted by molar-refractivity contribution is -0.135. The molecule has 4 heterocycles. The zero-order valence-corrected chi connectivity index (χ0v) is 16.4. The van der Waals surface area contributed by atoms with E-state index in [-0.39, 0.29) is 18.1 Å². The summed E-state index contributed by atoms with van der Waals surface area (Å²) < 4.78 is 7.56. The molecule has 6 heteroatoms. The molecular formula is C21H28N4O2. The third-order valence-electron chi connectivity index (χ3n) is 5.61. The number of amides is 1. The molecule has 2 aliphatic rings. The van der Waals surface area contributed by atoms with Crippen LogP contribution < -0.4 is 4.90 Å². The Bertz CT molecular complexity index is 831. The second-order valence-corrected chi connectivity index (χ2v) is 7.85. The molecule has 0 aromatic carbocycles. The fourth-order valence-electron chi connectivity index (χ4n) is 4.45. The van der Waals surface area contributed by atoms with Crippen LogP contribution in [-0.2, 0) is 15.1 Å². The minimum atomic E-state index is -0.217. The summed E-state index contributed by atoms with van der Waals surface area (Å²) in [7, 11) is 0. The van der Waals surface area contributed by atoms with Gasteiger partial charge in [-0.2, -0.15) is 0 Å². The summed E-state index contributed by atoms with van der Waals surface area (Å²) in [5.74, 6) is 1.56. The quantitative estimate of drug-likeness (QED) is 0.814. The predicted octanol–water partition coefficient (Wildman–Crippen LogP) is 2.81. The summed E-state index contributed by atoms with van der Waals surface area (Å²) in [5.41, 5.74) is 2.15. The van der Waals surface area contributed by atoms with Crippen LogP contribution in [0, 0.1) is 5.92 Å². The molecule has 2 aliphatic heterocycles. The third kappa shape index (κ3) is 2.92. The number of aromatic nitrogens is 2. The van der Waals surface area contributed by atoms with Gasteiger partial charge in [-0.15, -0.1) is 0 Å². The van der Waals surface area contributed by atoms with Crippen molar-refractivity contribution in [2.75, 3.05) is 37.7 Å². The van der Waals surface area contributed by atoms with Gasteiger partial charge in [0, 0.05) is 38.6 Å². The van der Waals surface area contributed by atoms with Gasteiger partial charge in [0.2, 0.25) is 5.91 Å². The average Bonchev–Trinajstić information content (AvgIpc) is 3.31. The SMILES string of the molecule is CCOCC(=O)N1CC[C@@]2(C1)c1cccn1-c1ncccc1N2CC(C)C. The molecule has 2 aromatic rings. The molecule has 0 N–H and O–H groups in total. The van der Waals surface area contributed by atoms with Crippen molar-refractivity contribution in [1.29, 1.82) is 0 Å². The van der Waals surface area contributed by atoms with Crippen LogP contribution in [0.1, 0.15) is 32.9 Å². The van der Waals surface area contributed by atoms with Crippen molar-refractivity contribution in [3.63, 3.8) is 0 Å². The second kappa shape index (κ2) is 7.00. The molecule has 1 spiro atoms. The van der Waals surface area contributed by atoms with Crippen molar-refractivity contribution < 1.29 is 9.53 Å². The summed E-state index contributed by atoms with van der Waals surface area (Å²) in [5, 5.41) is 0. The van der Waals surface area contributed by atoms with E-state index in [2.05, 4.69) is 52.7 Å². The summed E-state index contributed by atoms with van der Waals surface area (Å²) in [6.45, 7) is 9.49. The molecule has 0 aliphatic carbocycles. The molecule has 4 rings (SSSR count). The molecule has 1 saturated heterocycles. The van der Waals surface area contributed by atoms with Gasteiger partial charge in [0.15, 0.2) is 5.82 Å². The van der Waals surface area contributed by atoms with E-state index < -0.39 is 0 Å². The first-order chi connectivity index (χ1) is 13.1. The lowest BCUT2D eigenvalue weighted by Gasteiger charge is -2.47. The van der Waals surface area contributed by atoms with Crippen molar-refractivity contribution in [1.82, 2.24) is 14.5 Å². The number of carbonyl (C=O) groups is 1. The van der Waals surface area contributed by atoms with Gasteiger partial charge in [0.1, 0.15) is 12.1 Å². The highest BCUT2D eigenvalue weighted by Gasteiger charge is 2.50. The topological polar surface area (TPSA) is 50.6 Å². The van der Waals surface area contributed by atoms with Gasteiger partial charge in [-0.3, -0.25) is 4.79 Å². The number of carbonyl (C=O) groups excluding carboxylic acids is 1. The standard InChI is InChI=1S/C21H28N4O2/c1-4-27-14-19(26)23-12-9-21(15-23)18-8-6-11-24(18)20-17(7-5-10-22-20)25(21)13-16(2)3/h5-8,10-11,16H,4,9,12-15H2,1-3H3/t21-/m1/s1. The summed E-state index contributed by atoms with van der Waals surface area (Å²) in [4.78, 5) is 21.7. The maximum atomic E-state index is 12.6. The van der Waals surface area contributed by atoms with Crippen molar-refractivity contribution in [2.45, 2.75) is 32.7 Å². The predicted molar refractivity (Wildman–Crippen MR) is 105 cm³/mol. The van der Waals surface area contributed by atoms with Gasteiger partial charge in [-0.05, 0) is 43.5 Å².